The number of hydrogen-bond donors (Lipinski definition) is 1. The van der Waals surface area contributed by atoms with Gasteiger partial charge in [0.05, 0.1) is 23.9 Å². The molecular weight excluding hydrogens is 423 g/mol. The highest BCUT2D eigenvalue weighted by molar-refractivity contribution is 6.05. The summed E-state index contributed by atoms with van der Waals surface area (Å²) in [4.78, 5) is 16.5. The maximum Gasteiger partial charge on any atom is 0.573 e. The van der Waals surface area contributed by atoms with Gasteiger partial charge in [0.1, 0.15) is 11.5 Å². The molecule has 0 saturated carbocycles. The molecule has 0 aliphatic carbocycles. The van der Waals surface area contributed by atoms with Crippen LogP contribution in [0.4, 0.5) is 13.2 Å². The monoisotopic (exact) mass is 439 g/mol. The Balaban J connectivity index is 1.80. The Labute approximate surface area is 180 Å². The first kappa shape index (κ1) is 21.2. The highest BCUT2D eigenvalue weighted by atomic mass is 19.4. The summed E-state index contributed by atoms with van der Waals surface area (Å²) < 4.78 is 46.7. The molecule has 1 N–H and O–H groups in total. The van der Waals surface area contributed by atoms with Crippen LogP contribution in [0.15, 0.2) is 72.8 Å². The number of fused-ring (bicyclic) bond motifs is 1. The van der Waals surface area contributed by atoms with Crippen molar-refractivity contribution in [1.29, 1.82) is 0 Å². The molecule has 0 unspecified atom stereocenters. The first-order valence-corrected chi connectivity index (χ1v) is 9.42. The predicted molar refractivity (Wildman–Crippen MR) is 113 cm³/mol. The van der Waals surface area contributed by atoms with E-state index in [1.807, 2.05) is 0 Å². The van der Waals surface area contributed by atoms with Crippen molar-refractivity contribution in [2.24, 2.45) is 0 Å². The zero-order valence-corrected chi connectivity index (χ0v) is 16.7. The number of ether oxygens (including phenoxy) is 2. The van der Waals surface area contributed by atoms with E-state index in [0.29, 0.717) is 33.5 Å². The van der Waals surface area contributed by atoms with Gasteiger partial charge in [-0.15, -0.1) is 13.2 Å². The van der Waals surface area contributed by atoms with Gasteiger partial charge in [-0.3, -0.25) is 0 Å². The van der Waals surface area contributed by atoms with Gasteiger partial charge in [-0.2, -0.15) is 0 Å². The molecule has 4 aromatic rings. The second kappa shape index (κ2) is 8.22. The van der Waals surface area contributed by atoms with Crippen molar-refractivity contribution in [1.82, 2.24) is 4.98 Å². The Kier molecular flexibility index (Phi) is 5.44. The molecule has 32 heavy (non-hydrogen) atoms. The Morgan fingerprint density at radius 2 is 1.56 bits per heavy atom. The number of benzene rings is 3. The second-order valence-corrected chi connectivity index (χ2v) is 6.90. The number of carboxylic acids is 1. The molecule has 0 aliphatic rings. The summed E-state index contributed by atoms with van der Waals surface area (Å²) >= 11 is 0. The van der Waals surface area contributed by atoms with Gasteiger partial charge >= 0.3 is 12.3 Å². The number of hydrogen-bond acceptors (Lipinski definition) is 4. The van der Waals surface area contributed by atoms with Crippen molar-refractivity contribution in [2.75, 3.05) is 7.11 Å². The zero-order valence-electron chi connectivity index (χ0n) is 16.7. The molecule has 162 valence electrons. The van der Waals surface area contributed by atoms with Gasteiger partial charge in [0.15, 0.2) is 0 Å². The van der Waals surface area contributed by atoms with Gasteiger partial charge in [0.2, 0.25) is 0 Å². The molecule has 0 atom stereocenters. The van der Waals surface area contributed by atoms with Crippen molar-refractivity contribution in [3.63, 3.8) is 0 Å². The Bertz CT molecular complexity index is 1300. The largest absolute Gasteiger partial charge is 0.573 e. The average Bonchev–Trinajstić information content (AvgIpc) is 2.77. The van der Waals surface area contributed by atoms with Crippen molar-refractivity contribution >= 4 is 16.9 Å². The van der Waals surface area contributed by atoms with Crippen LogP contribution in [0.1, 0.15) is 10.4 Å². The third-order valence-electron chi connectivity index (χ3n) is 4.83. The first-order valence-electron chi connectivity index (χ1n) is 9.42. The van der Waals surface area contributed by atoms with E-state index >= 15 is 0 Å². The molecule has 0 aliphatic heterocycles. The molecule has 5 nitrogen and oxygen atoms in total. The number of methoxy groups -OCH3 is 1. The fourth-order valence-corrected chi connectivity index (χ4v) is 3.36. The summed E-state index contributed by atoms with van der Waals surface area (Å²) in [6.07, 6.45) is -4.81. The van der Waals surface area contributed by atoms with Gasteiger partial charge in [0.25, 0.3) is 0 Å². The van der Waals surface area contributed by atoms with Crippen LogP contribution in [0.3, 0.4) is 0 Å². The molecule has 3 aromatic carbocycles. The van der Waals surface area contributed by atoms with Crippen LogP contribution < -0.4 is 9.47 Å². The summed E-state index contributed by atoms with van der Waals surface area (Å²) in [5.74, 6) is -0.839. The van der Waals surface area contributed by atoms with E-state index in [4.69, 9.17) is 4.74 Å². The van der Waals surface area contributed by atoms with E-state index in [1.54, 1.807) is 55.6 Å². The van der Waals surface area contributed by atoms with Crippen LogP contribution in [0.25, 0.3) is 33.3 Å². The standard InChI is InChI=1S/C24H16F3NO4/c1-31-17-8-5-14(6-9-17)22-13-20(23(29)30)19-12-16(7-10-21(19)28-22)15-3-2-4-18(11-15)32-24(25,26)27/h2-13H,1H3,(H,29,30). The number of nitrogens with zero attached hydrogens (tertiary/aromatic N) is 1. The minimum atomic E-state index is -4.81. The Morgan fingerprint density at radius 3 is 2.22 bits per heavy atom. The topological polar surface area (TPSA) is 68.7 Å². The summed E-state index contributed by atoms with van der Waals surface area (Å²) in [7, 11) is 1.55. The van der Waals surface area contributed by atoms with E-state index in [-0.39, 0.29) is 11.3 Å². The summed E-state index contributed by atoms with van der Waals surface area (Å²) in [6.45, 7) is 0. The van der Waals surface area contributed by atoms with Crippen LogP contribution in [0, 0.1) is 0 Å². The van der Waals surface area contributed by atoms with Crippen molar-refractivity contribution < 1.29 is 32.5 Å². The fraction of sp³-hybridized carbons (Fsp3) is 0.0833. The Morgan fingerprint density at radius 1 is 0.875 bits per heavy atom. The zero-order chi connectivity index (χ0) is 22.9. The van der Waals surface area contributed by atoms with E-state index in [2.05, 4.69) is 9.72 Å². The van der Waals surface area contributed by atoms with Crippen LogP contribution in [0.2, 0.25) is 0 Å². The van der Waals surface area contributed by atoms with E-state index in [9.17, 15) is 23.1 Å². The number of rotatable bonds is 5. The molecule has 0 radical (unpaired) electrons. The van der Waals surface area contributed by atoms with E-state index in [0.717, 1.165) is 5.56 Å². The lowest BCUT2D eigenvalue weighted by molar-refractivity contribution is -0.274. The number of carboxylic acid groups (broad SMARTS) is 1. The quantitative estimate of drug-likeness (QED) is 0.403. The van der Waals surface area contributed by atoms with Crippen molar-refractivity contribution in [3.05, 3.63) is 78.4 Å². The highest BCUT2D eigenvalue weighted by Crippen LogP contribution is 2.32. The van der Waals surface area contributed by atoms with Gasteiger partial charge in [0, 0.05) is 10.9 Å². The summed E-state index contributed by atoms with van der Waals surface area (Å²) in [5.41, 5.74) is 2.66. The molecular formula is C24H16F3NO4. The van der Waals surface area contributed by atoms with Gasteiger partial charge in [-0.25, -0.2) is 9.78 Å². The molecule has 1 aromatic heterocycles. The lowest BCUT2D eigenvalue weighted by Gasteiger charge is -2.12. The van der Waals surface area contributed by atoms with Crippen molar-refractivity contribution in [3.8, 4) is 33.9 Å². The minimum absolute atomic E-state index is 0.0327. The average molecular weight is 439 g/mol. The third-order valence-corrected chi connectivity index (χ3v) is 4.83. The minimum Gasteiger partial charge on any atom is -0.497 e. The molecule has 0 amide bonds. The molecule has 4 rings (SSSR count). The second-order valence-electron chi connectivity index (χ2n) is 6.90. The smallest absolute Gasteiger partial charge is 0.497 e. The fourth-order valence-electron chi connectivity index (χ4n) is 3.36. The number of alkyl halides is 3. The first-order chi connectivity index (χ1) is 15.2. The van der Waals surface area contributed by atoms with Crippen LogP contribution in [-0.4, -0.2) is 29.5 Å². The van der Waals surface area contributed by atoms with E-state index in [1.165, 1.54) is 24.3 Å². The molecule has 0 fully saturated rings. The highest BCUT2D eigenvalue weighted by Gasteiger charge is 2.31. The van der Waals surface area contributed by atoms with Gasteiger partial charge in [-0.1, -0.05) is 18.2 Å². The van der Waals surface area contributed by atoms with Gasteiger partial charge < -0.3 is 14.6 Å². The molecule has 1 heterocycles. The lowest BCUT2D eigenvalue weighted by atomic mass is 9.99. The van der Waals surface area contributed by atoms with Crippen molar-refractivity contribution in [2.45, 2.75) is 6.36 Å². The Hall–Kier alpha value is -4.07. The van der Waals surface area contributed by atoms with E-state index < -0.39 is 12.3 Å². The molecule has 0 saturated heterocycles. The molecule has 0 bridgehead atoms. The van der Waals surface area contributed by atoms with Crippen LogP contribution in [0.5, 0.6) is 11.5 Å². The number of aromatic carboxylic acids is 1. The maximum atomic E-state index is 12.5. The third kappa shape index (κ3) is 4.49. The lowest BCUT2D eigenvalue weighted by Crippen LogP contribution is -2.17. The summed E-state index contributed by atoms with van der Waals surface area (Å²) in [5, 5.41) is 10.1. The number of pyridine rings is 1. The van der Waals surface area contributed by atoms with Crippen LogP contribution in [-0.2, 0) is 0 Å². The SMILES string of the molecule is COc1ccc(-c2cc(C(=O)O)c3cc(-c4cccc(OC(F)(F)F)c4)ccc3n2)cc1. The number of carbonyl (C=O) groups is 1. The molecule has 8 heteroatoms. The van der Waals surface area contributed by atoms with Gasteiger partial charge in [-0.05, 0) is 65.7 Å². The number of aromatic nitrogens is 1. The normalized spacial score (nSPS) is 11.4. The predicted octanol–water partition coefficient (Wildman–Crippen LogP) is 6.17. The molecule has 0 spiro atoms. The van der Waals surface area contributed by atoms with Crippen LogP contribution >= 0.6 is 0 Å². The summed E-state index contributed by atoms with van der Waals surface area (Å²) in [6, 6.07) is 18.9. The number of halogens is 3. The maximum absolute atomic E-state index is 12.5.